The summed E-state index contributed by atoms with van der Waals surface area (Å²) in [6, 6.07) is 0.696. The lowest BCUT2D eigenvalue weighted by Crippen LogP contribution is -2.38. The molecule has 0 aromatic heterocycles. The van der Waals surface area contributed by atoms with Gasteiger partial charge in [-0.1, -0.05) is 13.3 Å². The first-order chi connectivity index (χ1) is 4.83. The molecule has 10 heavy (non-hydrogen) atoms. The van der Waals surface area contributed by atoms with Crippen LogP contribution in [0.3, 0.4) is 0 Å². The minimum atomic E-state index is 0.429. The van der Waals surface area contributed by atoms with Crippen molar-refractivity contribution in [3.05, 3.63) is 0 Å². The summed E-state index contributed by atoms with van der Waals surface area (Å²) in [4.78, 5) is 0. The van der Waals surface area contributed by atoms with E-state index in [1.165, 1.54) is 12.8 Å². The molecule has 60 valence electrons. The van der Waals surface area contributed by atoms with Gasteiger partial charge in [-0.05, 0) is 25.8 Å². The van der Waals surface area contributed by atoms with Gasteiger partial charge in [-0.25, -0.2) is 0 Å². The minimum Gasteiger partial charge on any atom is -0.314 e. The third-order valence-electron chi connectivity index (χ3n) is 2.07. The third-order valence-corrected chi connectivity index (χ3v) is 2.46. The van der Waals surface area contributed by atoms with Crippen LogP contribution in [0.1, 0.15) is 32.6 Å². The number of rotatable bonds is 2. The summed E-state index contributed by atoms with van der Waals surface area (Å²) in [5.74, 6) is 0. The zero-order valence-electron chi connectivity index (χ0n) is 6.57. The van der Waals surface area contributed by atoms with Crippen molar-refractivity contribution in [1.82, 2.24) is 5.32 Å². The minimum absolute atomic E-state index is 0.429. The largest absolute Gasteiger partial charge is 0.314 e. The summed E-state index contributed by atoms with van der Waals surface area (Å²) in [6.07, 6.45) is 4.85. The van der Waals surface area contributed by atoms with Gasteiger partial charge in [0, 0.05) is 11.4 Å². The highest BCUT2D eigenvalue weighted by Crippen LogP contribution is 2.17. The Hall–Kier alpha value is 0.250. The molecule has 1 saturated heterocycles. The zero-order valence-corrected chi connectivity index (χ0v) is 7.32. The fraction of sp³-hybridized carbons (Fsp3) is 1.00. The van der Waals surface area contributed by atoms with Gasteiger partial charge in [0.15, 0.2) is 0 Å². The van der Waals surface area contributed by atoms with Crippen LogP contribution in [0, 0.1) is 0 Å². The van der Waals surface area contributed by atoms with Crippen molar-refractivity contribution in [1.29, 1.82) is 0 Å². The van der Waals surface area contributed by atoms with Gasteiger partial charge in [0.05, 0.1) is 0 Å². The van der Waals surface area contributed by atoms with Crippen LogP contribution >= 0.6 is 11.6 Å². The van der Waals surface area contributed by atoms with Crippen LogP contribution in [0.2, 0.25) is 0 Å². The molecule has 1 aliphatic rings. The molecule has 2 unspecified atom stereocenters. The average molecular weight is 162 g/mol. The lowest BCUT2D eigenvalue weighted by atomic mass is 10.0. The van der Waals surface area contributed by atoms with Gasteiger partial charge >= 0.3 is 0 Å². The van der Waals surface area contributed by atoms with Crippen molar-refractivity contribution in [2.24, 2.45) is 0 Å². The van der Waals surface area contributed by atoms with E-state index < -0.39 is 0 Å². The van der Waals surface area contributed by atoms with Crippen LogP contribution in [0.25, 0.3) is 0 Å². The van der Waals surface area contributed by atoms with Crippen LogP contribution in [-0.2, 0) is 0 Å². The molecule has 2 heteroatoms. The van der Waals surface area contributed by atoms with Crippen molar-refractivity contribution in [2.75, 3.05) is 6.54 Å². The average Bonchev–Trinajstić information content (AvgIpc) is 1.88. The second-order valence-corrected chi connectivity index (χ2v) is 3.68. The molecule has 1 nitrogen and oxygen atoms in total. The first-order valence-corrected chi connectivity index (χ1v) is 4.64. The van der Waals surface area contributed by atoms with Gasteiger partial charge in [0.25, 0.3) is 0 Å². The Morgan fingerprint density at radius 3 is 3.00 bits per heavy atom. The lowest BCUT2D eigenvalue weighted by Gasteiger charge is -2.26. The number of piperidine rings is 1. The molecule has 0 aromatic rings. The zero-order chi connectivity index (χ0) is 7.40. The van der Waals surface area contributed by atoms with E-state index in [1.807, 2.05) is 0 Å². The summed E-state index contributed by atoms with van der Waals surface area (Å²) in [6.45, 7) is 3.33. The summed E-state index contributed by atoms with van der Waals surface area (Å²) < 4.78 is 0. The molecule has 1 rings (SSSR count). The SMILES string of the molecule is CCCC1CC(Cl)CCN1. The molecular formula is C8H16ClN. The molecule has 0 amide bonds. The smallest absolute Gasteiger partial charge is 0.0362 e. The van der Waals surface area contributed by atoms with Gasteiger partial charge in [-0.3, -0.25) is 0 Å². The second kappa shape index (κ2) is 4.20. The Labute approximate surface area is 68.1 Å². The molecular weight excluding hydrogens is 146 g/mol. The van der Waals surface area contributed by atoms with Crippen LogP contribution in [0.15, 0.2) is 0 Å². The summed E-state index contributed by atoms with van der Waals surface area (Å²) >= 11 is 6.01. The molecule has 0 aromatic carbocycles. The maximum absolute atomic E-state index is 6.01. The maximum Gasteiger partial charge on any atom is 0.0362 e. The van der Waals surface area contributed by atoms with E-state index in [2.05, 4.69) is 12.2 Å². The van der Waals surface area contributed by atoms with E-state index >= 15 is 0 Å². The molecule has 0 aliphatic carbocycles. The molecule has 0 radical (unpaired) electrons. The predicted octanol–water partition coefficient (Wildman–Crippen LogP) is 2.15. The molecule has 1 N–H and O–H groups in total. The van der Waals surface area contributed by atoms with E-state index in [-0.39, 0.29) is 0 Å². The van der Waals surface area contributed by atoms with Crippen molar-refractivity contribution in [2.45, 2.75) is 44.0 Å². The molecule has 1 aliphatic heterocycles. The van der Waals surface area contributed by atoms with Gasteiger partial charge in [0.1, 0.15) is 0 Å². The van der Waals surface area contributed by atoms with Crippen LogP contribution in [0.4, 0.5) is 0 Å². The highest BCUT2D eigenvalue weighted by atomic mass is 35.5. The predicted molar refractivity (Wildman–Crippen MR) is 45.6 cm³/mol. The van der Waals surface area contributed by atoms with Crippen molar-refractivity contribution in [3.8, 4) is 0 Å². The van der Waals surface area contributed by atoms with E-state index in [0.717, 1.165) is 19.4 Å². The number of hydrogen-bond donors (Lipinski definition) is 1. The topological polar surface area (TPSA) is 12.0 Å². The normalized spacial score (nSPS) is 34.2. The van der Waals surface area contributed by atoms with Gasteiger partial charge < -0.3 is 5.32 Å². The standard InChI is InChI=1S/C8H16ClN/c1-2-3-8-6-7(9)4-5-10-8/h7-8,10H,2-6H2,1H3. The van der Waals surface area contributed by atoms with E-state index in [1.54, 1.807) is 0 Å². The quantitative estimate of drug-likeness (QED) is 0.612. The molecule has 0 spiro atoms. The van der Waals surface area contributed by atoms with E-state index in [4.69, 9.17) is 11.6 Å². The Morgan fingerprint density at radius 2 is 2.40 bits per heavy atom. The van der Waals surface area contributed by atoms with Gasteiger partial charge in [0.2, 0.25) is 0 Å². The number of nitrogens with one attached hydrogen (secondary N) is 1. The van der Waals surface area contributed by atoms with Crippen LogP contribution in [0.5, 0.6) is 0 Å². The highest BCUT2D eigenvalue weighted by molar-refractivity contribution is 6.20. The second-order valence-electron chi connectivity index (χ2n) is 3.06. The number of alkyl halides is 1. The Balaban J connectivity index is 2.18. The molecule has 1 heterocycles. The van der Waals surface area contributed by atoms with Crippen molar-refractivity contribution >= 4 is 11.6 Å². The molecule has 2 atom stereocenters. The lowest BCUT2D eigenvalue weighted by molar-refractivity contribution is 0.384. The highest BCUT2D eigenvalue weighted by Gasteiger charge is 2.17. The fourth-order valence-electron chi connectivity index (χ4n) is 1.52. The van der Waals surface area contributed by atoms with Gasteiger partial charge in [-0.15, -0.1) is 11.6 Å². The Morgan fingerprint density at radius 1 is 1.60 bits per heavy atom. The maximum atomic E-state index is 6.01. The van der Waals surface area contributed by atoms with Crippen LogP contribution in [-0.4, -0.2) is 18.0 Å². The van der Waals surface area contributed by atoms with Crippen LogP contribution < -0.4 is 5.32 Å². The number of halogens is 1. The number of hydrogen-bond acceptors (Lipinski definition) is 1. The molecule has 0 bridgehead atoms. The van der Waals surface area contributed by atoms with E-state index in [0.29, 0.717) is 11.4 Å². The van der Waals surface area contributed by atoms with Crippen molar-refractivity contribution in [3.63, 3.8) is 0 Å². The Bertz CT molecular complexity index is 93.3. The molecule has 0 saturated carbocycles. The first-order valence-electron chi connectivity index (χ1n) is 4.20. The monoisotopic (exact) mass is 161 g/mol. The molecule has 1 fully saturated rings. The van der Waals surface area contributed by atoms with E-state index in [9.17, 15) is 0 Å². The summed E-state index contributed by atoms with van der Waals surface area (Å²) in [5.41, 5.74) is 0. The first kappa shape index (κ1) is 8.35. The Kier molecular flexibility index (Phi) is 3.50. The third kappa shape index (κ3) is 2.47. The summed E-state index contributed by atoms with van der Waals surface area (Å²) in [5, 5.41) is 3.89. The van der Waals surface area contributed by atoms with Gasteiger partial charge in [-0.2, -0.15) is 0 Å². The fourth-order valence-corrected chi connectivity index (χ4v) is 1.85. The summed E-state index contributed by atoms with van der Waals surface area (Å²) in [7, 11) is 0. The van der Waals surface area contributed by atoms with Crippen molar-refractivity contribution < 1.29 is 0 Å².